The van der Waals surface area contributed by atoms with Crippen LogP contribution in [0.4, 0.5) is 13.2 Å². The second-order valence-electron chi connectivity index (χ2n) is 6.19. The average Bonchev–Trinajstić information content (AvgIpc) is 2.99. The van der Waals surface area contributed by atoms with E-state index in [1.54, 1.807) is 17.9 Å². The second-order valence-corrected chi connectivity index (χ2v) is 6.19. The molecule has 2 aromatic rings. The Balaban J connectivity index is 1.69. The summed E-state index contributed by atoms with van der Waals surface area (Å²) in [4.78, 5) is 14.1. The number of piperidine rings is 1. The third-order valence-electron chi connectivity index (χ3n) is 4.33. The van der Waals surface area contributed by atoms with Gasteiger partial charge in [0.1, 0.15) is 6.42 Å². The summed E-state index contributed by atoms with van der Waals surface area (Å²) < 4.78 is 43.9. The van der Waals surface area contributed by atoms with Crippen molar-refractivity contribution >= 4 is 5.91 Å². The number of likely N-dealkylation sites (tertiary alicyclic amines) is 1. The third-order valence-corrected chi connectivity index (χ3v) is 4.33. The fourth-order valence-corrected chi connectivity index (χ4v) is 3.09. The van der Waals surface area contributed by atoms with E-state index < -0.39 is 11.7 Å². The van der Waals surface area contributed by atoms with Crippen LogP contribution in [0.25, 0.3) is 0 Å². The number of halogens is 3. The van der Waals surface area contributed by atoms with Crippen LogP contribution in [0.2, 0.25) is 0 Å². The topological polar surface area (TPSA) is 59.2 Å². The summed E-state index contributed by atoms with van der Waals surface area (Å²) in [5.41, 5.74) is -0.0456. The van der Waals surface area contributed by atoms with Gasteiger partial charge in [-0.3, -0.25) is 4.79 Å². The van der Waals surface area contributed by atoms with E-state index in [-0.39, 0.29) is 24.1 Å². The number of aryl methyl sites for hydroxylation is 1. The number of aromatic nitrogens is 2. The molecule has 0 aliphatic carbocycles. The zero-order chi connectivity index (χ0) is 18.0. The number of benzene rings is 1. The van der Waals surface area contributed by atoms with Crippen LogP contribution in [0, 0.1) is 6.92 Å². The molecule has 1 aliphatic rings. The van der Waals surface area contributed by atoms with Crippen LogP contribution in [0.5, 0.6) is 0 Å². The van der Waals surface area contributed by atoms with Crippen LogP contribution in [-0.4, -0.2) is 34.1 Å². The van der Waals surface area contributed by atoms with Crippen molar-refractivity contribution in [3.8, 4) is 0 Å². The Hall–Kier alpha value is -2.38. The first-order valence-electron chi connectivity index (χ1n) is 8.07. The predicted molar refractivity (Wildman–Crippen MR) is 82.7 cm³/mol. The number of hydrogen-bond donors (Lipinski definition) is 0. The largest absolute Gasteiger partial charge is 0.425 e. The van der Waals surface area contributed by atoms with Gasteiger partial charge >= 0.3 is 6.18 Å². The van der Waals surface area contributed by atoms with Crippen LogP contribution >= 0.6 is 0 Å². The maximum atomic E-state index is 12.9. The highest BCUT2D eigenvalue weighted by molar-refractivity contribution is 5.78. The molecule has 1 amide bonds. The minimum absolute atomic E-state index is 0.0101. The van der Waals surface area contributed by atoms with Crippen LogP contribution in [0.15, 0.2) is 28.7 Å². The molecular formula is C17H18F3N3O2. The van der Waals surface area contributed by atoms with Gasteiger partial charge in [0, 0.05) is 25.9 Å². The molecule has 1 aromatic heterocycles. The molecule has 134 valence electrons. The van der Waals surface area contributed by atoms with Crippen molar-refractivity contribution in [3.05, 3.63) is 47.2 Å². The lowest BCUT2D eigenvalue weighted by Gasteiger charge is -2.33. The molecule has 1 atom stereocenters. The number of rotatable bonds is 3. The molecule has 0 bridgehead atoms. The quantitative estimate of drug-likeness (QED) is 0.849. The normalized spacial score (nSPS) is 18.4. The Labute approximate surface area is 142 Å². The highest BCUT2D eigenvalue weighted by Gasteiger charge is 2.32. The highest BCUT2D eigenvalue weighted by atomic mass is 19.4. The van der Waals surface area contributed by atoms with Crippen molar-refractivity contribution in [2.75, 3.05) is 13.1 Å². The Morgan fingerprint density at radius 2 is 2.16 bits per heavy atom. The second kappa shape index (κ2) is 6.85. The molecule has 1 aliphatic heterocycles. The van der Waals surface area contributed by atoms with E-state index in [2.05, 4.69) is 10.2 Å². The van der Waals surface area contributed by atoms with E-state index in [0.717, 1.165) is 18.9 Å². The van der Waals surface area contributed by atoms with Gasteiger partial charge in [-0.15, -0.1) is 10.2 Å². The van der Waals surface area contributed by atoms with Crippen molar-refractivity contribution in [2.24, 2.45) is 0 Å². The molecular weight excluding hydrogens is 335 g/mol. The van der Waals surface area contributed by atoms with E-state index >= 15 is 0 Å². The van der Waals surface area contributed by atoms with Gasteiger partial charge in [-0.05, 0) is 24.5 Å². The predicted octanol–water partition coefficient (Wildman–Crippen LogP) is 3.35. The Kier molecular flexibility index (Phi) is 4.78. The zero-order valence-corrected chi connectivity index (χ0v) is 13.7. The summed E-state index contributed by atoms with van der Waals surface area (Å²) >= 11 is 0. The zero-order valence-electron chi connectivity index (χ0n) is 13.7. The standard InChI is InChI=1S/C17H18F3N3O2/c1-11-21-22-15(25-11)9-16(24)23-7-3-5-13(10-23)12-4-2-6-14(8-12)17(18,19)20/h2,4,6,8,13H,3,5,7,9-10H2,1H3. The van der Waals surface area contributed by atoms with E-state index in [9.17, 15) is 18.0 Å². The molecule has 8 heteroatoms. The van der Waals surface area contributed by atoms with E-state index in [0.29, 0.717) is 24.5 Å². The van der Waals surface area contributed by atoms with Crippen LogP contribution < -0.4 is 0 Å². The van der Waals surface area contributed by atoms with Gasteiger partial charge in [-0.1, -0.05) is 18.2 Å². The van der Waals surface area contributed by atoms with Crippen molar-refractivity contribution in [1.82, 2.24) is 15.1 Å². The first-order valence-corrected chi connectivity index (χ1v) is 8.07. The van der Waals surface area contributed by atoms with Crippen LogP contribution in [0.1, 0.15) is 41.7 Å². The summed E-state index contributed by atoms with van der Waals surface area (Å²) in [5, 5.41) is 7.49. The number of hydrogen-bond acceptors (Lipinski definition) is 4. The third kappa shape index (κ3) is 4.18. The van der Waals surface area contributed by atoms with E-state index in [4.69, 9.17) is 4.42 Å². The Morgan fingerprint density at radius 1 is 1.36 bits per heavy atom. The Morgan fingerprint density at radius 3 is 2.84 bits per heavy atom. The summed E-state index contributed by atoms with van der Waals surface area (Å²) in [6.45, 7) is 2.63. The van der Waals surface area contributed by atoms with Gasteiger partial charge in [0.15, 0.2) is 0 Å². The van der Waals surface area contributed by atoms with Crippen molar-refractivity contribution in [1.29, 1.82) is 0 Å². The number of amides is 1. The fraction of sp³-hybridized carbons (Fsp3) is 0.471. The van der Waals surface area contributed by atoms with Gasteiger partial charge in [0.25, 0.3) is 0 Å². The van der Waals surface area contributed by atoms with Gasteiger partial charge in [-0.25, -0.2) is 0 Å². The van der Waals surface area contributed by atoms with Crippen LogP contribution in [-0.2, 0) is 17.4 Å². The first kappa shape index (κ1) is 17.4. The average molecular weight is 353 g/mol. The van der Waals surface area contributed by atoms with Gasteiger partial charge in [0.2, 0.25) is 17.7 Å². The molecule has 0 radical (unpaired) electrons. The SMILES string of the molecule is Cc1nnc(CC(=O)N2CCCC(c3cccc(C(F)(F)F)c3)C2)o1. The molecule has 1 aromatic carbocycles. The maximum absolute atomic E-state index is 12.9. The Bertz CT molecular complexity index is 758. The van der Waals surface area contributed by atoms with Crippen molar-refractivity contribution in [2.45, 2.75) is 38.3 Å². The molecule has 1 unspecified atom stereocenters. The lowest BCUT2D eigenvalue weighted by molar-refractivity contribution is -0.137. The van der Waals surface area contributed by atoms with E-state index in [1.165, 1.54) is 12.1 Å². The molecule has 0 N–H and O–H groups in total. The highest BCUT2D eigenvalue weighted by Crippen LogP contribution is 2.33. The molecule has 0 spiro atoms. The van der Waals surface area contributed by atoms with Gasteiger partial charge < -0.3 is 9.32 Å². The molecule has 0 saturated carbocycles. The number of nitrogens with zero attached hydrogens (tertiary/aromatic N) is 3. The summed E-state index contributed by atoms with van der Waals surface area (Å²) in [6, 6.07) is 5.35. The minimum Gasteiger partial charge on any atom is -0.425 e. The molecule has 25 heavy (non-hydrogen) atoms. The summed E-state index contributed by atoms with van der Waals surface area (Å²) in [7, 11) is 0. The smallest absolute Gasteiger partial charge is 0.416 e. The molecule has 1 saturated heterocycles. The molecule has 5 nitrogen and oxygen atoms in total. The maximum Gasteiger partial charge on any atom is 0.416 e. The summed E-state index contributed by atoms with van der Waals surface area (Å²) in [5.74, 6) is 0.386. The fourth-order valence-electron chi connectivity index (χ4n) is 3.09. The number of alkyl halides is 3. The lowest BCUT2D eigenvalue weighted by atomic mass is 9.89. The van der Waals surface area contributed by atoms with Crippen molar-refractivity contribution < 1.29 is 22.4 Å². The molecule has 3 rings (SSSR count). The monoisotopic (exact) mass is 353 g/mol. The number of carbonyl (C=O) groups is 1. The van der Waals surface area contributed by atoms with Gasteiger partial charge in [0.05, 0.1) is 5.56 Å². The lowest BCUT2D eigenvalue weighted by Crippen LogP contribution is -2.40. The van der Waals surface area contributed by atoms with Crippen LogP contribution in [0.3, 0.4) is 0 Å². The molecule has 1 fully saturated rings. The first-order chi connectivity index (χ1) is 11.8. The molecule has 2 heterocycles. The minimum atomic E-state index is -4.37. The summed E-state index contributed by atoms with van der Waals surface area (Å²) in [6.07, 6.45) is -2.85. The number of carbonyl (C=O) groups excluding carboxylic acids is 1. The van der Waals surface area contributed by atoms with Crippen molar-refractivity contribution in [3.63, 3.8) is 0 Å². The van der Waals surface area contributed by atoms with E-state index in [1.807, 2.05) is 0 Å². The van der Waals surface area contributed by atoms with Gasteiger partial charge in [-0.2, -0.15) is 13.2 Å².